The van der Waals surface area contributed by atoms with Gasteiger partial charge in [0.05, 0.1) is 11.6 Å². The Bertz CT molecular complexity index is 1630. The van der Waals surface area contributed by atoms with Gasteiger partial charge in [-0.05, 0) is 103 Å². The molecule has 0 unspecified atom stereocenters. The van der Waals surface area contributed by atoms with Gasteiger partial charge in [0.2, 0.25) is 0 Å². The third-order valence-corrected chi connectivity index (χ3v) is 7.20. The van der Waals surface area contributed by atoms with E-state index in [1.807, 2.05) is 43.3 Å². The fourth-order valence-electron chi connectivity index (χ4n) is 4.02. The molecule has 8 heteroatoms. The first-order valence-corrected chi connectivity index (χ1v) is 14.5. The minimum Gasteiger partial charge on any atom is -0.490 e. The fourth-order valence-corrected chi connectivity index (χ4v) is 4.56. The SMILES string of the molecule is CCOc1cc(/C=C(\C#N)C(=O)Nc2ccc(OCc3ccc(Br)cc3)cc2)cc(Cl)c1OCc1ccc(C)c(C)c1. The van der Waals surface area contributed by atoms with Crippen LogP contribution in [0.15, 0.2) is 88.9 Å². The lowest BCUT2D eigenvalue weighted by molar-refractivity contribution is -0.112. The van der Waals surface area contributed by atoms with E-state index in [1.54, 1.807) is 36.4 Å². The third-order valence-electron chi connectivity index (χ3n) is 6.39. The average Bonchev–Trinajstić information content (AvgIpc) is 2.98. The maximum Gasteiger partial charge on any atom is 0.266 e. The molecule has 0 saturated carbocycles. The summed E-state index contributed by atoms with van der Waals surface area (Å²) in [6.45, 7) is 7.09. The van der Waals surface area contributed by atoms with Crippen LogP contribution in [-0.4, -0.2) is 12.5 Å². The van der Waals surface area contributed by atoms with Crippen LogP contribution in [0.5, 0.6) is 17.2 Å². The number of halogens is 2. The van der Waals surface area contributed by atoms with Crippen LogP contribution in [-0.2, 0) is 18.0 Å². The van der Waals surface area contributed by atoms with Crippen molar-refractivity contribution in [3.63, 3.8) is 0 Å². The number of aryl methyl sites for hydroxylation is 2. The van der Waals surface area contributed by atoms with Gasteiger partial charge in [0, 0.05) is 10.2 Å². The number of nitrogens with one attached hydrogen (secondary N) is 1. The molecule has 4 aromatic carbocycles. The molecule has 4 aromatic rings. The summed E-state index contributed by atoms with van der Waals surface area (Å²) in [5.74, 6) is 0.936. The molecule has 0 spiro atoms. The first-order valence-electron chi connectivity index (χ1n) is 13.3. The first kappa shape index (κ1) is 30.7. The molecule has 214 valence electrons. The summed E-state index contributed by atoms with van der Waals surface area (Å²) in [5.41, 5.74) is 5.40. The highest BCUT2D eigenvalue weighted by atomic mass is 79.9. The molecular formula is C34H30BrClN2O4. The summed E-state index contributed by atoms with van der Waals surface area (Å²) in [6, 6.07) is 26.3. The van der Waals surface area contributed by atoms with Crippen molar-refractivity contribution in [2.75, 3.05) is 11.9 Å². The first-order chi connectivity index (χ1) is 20.2. The normalized spacial score (nSPS) is 11.0. The van der Waals surface area contributed by atoms with Crippen molar-refractivity contribution < 1.29 is 19.0 Å². The van der Waals surface area contributed by atoms with Gasteiger partial charge in [0.1, 0.15) is 30.6 Å². The summed E-state index contributed by atoms with van der Waals surface area (Å²) in [4.78, 5) is 12.9. The topological polar surface area (TPSA) is 80.6 Å². The van der Waals surface area contributed by atoms with E-state index in [0.29, 0.717) is 53.3 Å². The standard InChI is InChI=1S/C34H30BrClN2O4/c1-4-40-32-18-26(17-31(36)33(32)42-21-25-6-5-22(2)23(3)15-25)16-27(19-37)34(39)38-29-11-13-30(14-12-29)41-20-24-7-9-28(35)10-8-24/h5-18H,4,20-21H2,1-3H3,(H,38,39)/b27-16+. The second kappa shape index (κ2) is 14.6. The van der Waals surface area contributed by atoms with Crippen molar-refractivity contribution in [3.05, 3.63) is 122 Å². The molecule has 6 nitrogen and oxygen atoms in total. The Kier molecular flexibility index (Phi) is 10.7. The monoisotopic (exact) mass is 644 g/mol. The van der Waals surface area contributed by atoms with Crippen molar-refractivity contribution in [3.8, 4) is 23.3 Å². The number of rotatable bonds is 11. The van der Waals surface area contributed by atoms with Crippen LogP contribution in [0.1, 0.15) is 34.7 Å². The molecule has 0 bridgehead atoms. The van der Waals surface area contributed by atoms with E-state index in [-0.39, 0.29) is 5.57 Å². The molecule has 0 aliphatic rings. The summed E-state index contributed by atoms with van der Waals surface area (Å²) in [5, 5.41) is 12.8. The van der Waals surface area contributed by atoms with Crippen LogP contribution in [0.4, 0.5) is 5.69 Å². The average molecular weight is 646 g/mol. The van der Waals surface area contributed by atoms with Crippen LogP contribution in [0, 0.1) is 25.2 Å². The number of hydrogen-bond acceptors (Lipinski definition) is 5. The number of carbonyl (C=O) groups is 1. The lowest BCUT2D eigenvalue weighted by Crippen LogP contribution is -2.13. The van der Waals surface area contributed by atoms with Gasteiger partial charge in [-0.25, -0.2) is 0 Å². The van der Waals surface area contributed by atoms with Gasteiger partial charge in [-0.15, -0.1) is 0 Å². The number of nitrogens with zero attached hydrogens (tertiary/aromatic N) is 1. The largest absolute Gasteiger partial charge is 0.490 e. The molecular weight excluding hydrogens is 616 g/mol. The van der Waals surface area contributed by atoms with Crippen molar-refractivity contribution in [2.45, 2.75) is 34.0 Å². The predicted molar refractivity (Wildman–Crippen MR) is 170 cm³/mol. The minimum atomic E-state index is -0.551. The molecule has 4 rings (SSSR count). The number of hydrogen-bond donors (Lipinski definition) is 1. The van der Waals surface area contributed by atoms with Crippen LogP contribution in [0.2, 0.25) is 5.02 Å². The molecule has 1 amide bonds. The van der Waals surface area contributed by atoms with Gasteiger partial charge >= 0.3 is 0 Å². The lowest BCUT2D eigenvalue weighted by atomic mass is 10.1. The summed E-state index contributed by atoms with van der Waals surface area (Å²) >= 11 is 10.0. The molecule has 0 aliphatic carbocycles. The van der Waals surface area contributed by atoms with E-state index in [1.165, 1.54) is 17.2 Å². The van der Waals surface area contributed by atoms with Crippen LogP contribution in [0.25, 0.3) is 6.08 Å². The lowest BCUT2D eigenvalue weighted by Gasteiger charge is -2.15. The highest BCUT2D eigenvalue weighted by Crippen LogP contribution is 2.38. The molecule has 0 fully saturated rings. The second-order valence-electron chi connectivity index (χ2n) is 9.53. The van der Waals surface area contributed by atoms with Gasteiger partial charge < -0.3 is 19.5 Å². The molecule has 0 aromatic heterocycles. The Hall–Kier alpha value is -4.25. The highest BCUT2D eigenvalue weighted by molar-refractivity contribution is 9.10. The Morgan fingerprint density at radius 1 is 0.905 bits per heavy atom. The molecule has 42 heavy (non-hydrogen) atoms. The van der Waals surface area contributed by atoms with E-state index in [2.05, 4.69) is 47.2 Å². The third kappa shape index (κ3) is 8.39. The Morgan fingerprint density at radius 3 is 2.26 bits per heavy atom. The zero-order valence-corrected chi connectivity index (χ0v) is 25.9. The van der Waals surface area contributed by atoms with Crippen molar-refractivity contribution in [1.82, 2.24) is 0 Å². The number of anilines is 1. The maximum absolute atomic E-state index is 12.9. The van der Waals surface area contributed by atoms with Crippen molar-refractivity contribution in [2.24, 2.45) is 0 Å². The molecule has 1 N–H and O–H groups in total. The molecule has 0 atom stereocenters. The van der Waals surface area contributed by atoms with Gasteiger partial charge in [0.25, 0.3) is 5.91 Å². The maximum atomic E-state index is 12.9. The van der Waals surface area contributed by atoms with Crippen LogP contribution < -0.4 is 19.5 Å². The van der Waals surface area contributed by atoms with E-state index >= 15 is 0 Å². The second-order valence-corrected chi connectivity index (χ2v) is 10.9. The number of ether oxygens (including phenoxy) is 3. The fraction of sp³-hybridized carbons (Fsp3) is 0.176. The Labute approximate surface area is 259 Å². The van der Waals surface area contributed by atoms with Crippen molar-refractivity contribution in [1.29, 1.82) is 5.26 Å². The Morgan fingerprint density at radius 2 is 1.60 bits per heavy atom. The highest BCUT2D eigenvalue weighted by Gasteiger charge is 2.15. The van der Waals surface area contributed by atoms with Gasteiger partial charge in [-0.2, -0.15) is 5.26 Å². The molecule has 0 aliphatic heterocycles. The van der Waals surface area contributed by atoms with E-state index < -0.39 is 5.91 Å². The number of carbonyl (C=O) groups excluding carboxylic acids is 1. The summed E-state index contributed by atoms with van der Waals surface area (Å²) in [7, 11) is 0. The Balaban J connectivity index is 1.44. The van der Waals surface area contributed by atoms with Crippen molar-refractivity contribution >= 4 is 45.2 Å². The smallest absolute Gasteiger partial charge is 0.266 e. The van der Waals surface area contributed by atoms with Crippen LogP contribution >= 0.6 is 27.5 Å². The molecule has 0 radical (unpaired) electrons. The summed E-state index contributed by atoms with van der Waals surface area (Å²) in [6.07, 6.45) is 1.46. The van der Waals surface area contributed by atoms with Gasteiger partial charge in [-0.1, -0.05) is 57.9 Å². The number of amides is 1. The number of nitriles is 1. The molecule has 0 saturated heterocycles. The van der Waals surface area contributed by atoms with Gasteiger partial charge in [-0.3, -0.25) is 4.79 Å². The van der Waals surface area contributed by atoms with Crippen LogP contribution in [0.3, 0.4) is 0 Å². The number of benzene rings is 4. The van der Waals surface area contributed by atoms with E-state index in [0.717, 1.165) is 15.6 Å². The van der Waals surface area contributed by atoms with Gasteiger partial charge in [0.15, 0.2) is 11.5 Å². The summed E-state index contributed by atoms with van der Waals surface area (Å²) < 4.78 is 18.6. The molecule has 0 heterocycles. The zero-order chi connectivity index (χ0) is 30.1. The zero-order valence-electron chi connectivity index (χ0n) is 23.5. The minimum absolute atomic E-state index is 0.0899. The van der Waals surface area contributed by atoms with E-state index in [9.17, 15) is 10.1 Å². The predicted octanol–water partition coefficient (Wildman–Crippen LogP) is 8.82. The quantitative estimate of drug-likeness (QED) is 0.130. The van der Waals surface area contributed by atoms with E-state index in [4.69, 9.17) is 25.8 Å².